The lowest BCUT2D eigenvalue weighted by molar-refractivity contribution is -0.103. The van der Waals surface area contributed by atoms with Crippen LogP contribution < -0.4 is 4.74 Å². The molecule has 1 aromatic carbocycles. The Labute approximate surface area is 123 Å². The van der Waals surface area contributed by atoms with E-state index in [1.165, 1.54) is 0 Å². The van der Waals surface area contributed by atoms with Crippen LogP contribution in [-0.2, 0) is 11.2 Å². The van der Waals surface area contributed by atoms with Crippen molar-refractivity contribution in [2.45, 2.75) is 44.3 Å². The summed E-state index contributed by atoms with van der Waals surface area (Å²) >= 11 is 3.54. The zero-order valence-corrected chi connectivity index (χ0v) is 13.1. The monoisotopic (exact) mass is 328 g/mol. The molecule has 0 radical (unpaired) electrons. The van der Waals surface area contributed by atoms with Crippen molar-refractivity contribution < 1.29 is 14.6 Å². The number of aliphatic hydroxyl groups is 1. The van der Waals surface area contributed by atoms with Crippen molar-refractivity contribution in [3.05, 3.63) is 28.2 Å². The predicted octanol–water partition coefficient (Wildman–Crippen LogP) is 3.32. The van der Waals surface area contributed by atoms with E-state index in [0.29, 0.717) is 25.9 Å². The summed E-state index contributed by atoms with van der Waals surface area (Å²) in [4.78, 5) is 0. The van der Waals surface area contributed by atoms with E-state index < -0.39 is 5.60 Å². The van der Waals surface area contributed by atoms with E-state index in [4.69, 9.17) is 9.47 Å². The van der Waals surface area contributed by atoms with E-state index >= 15 is 0 Å². The van der Waals surface area contributed by atoms with Crippen LogP contribution in [-0.4, -0.2) is 30.5 Å². The number of rotatable bonds is 4. The van der Waals surface area contributed by atoms with Crippen LogP contribution >= 0.6 is 15.9 Å². The third-order valence-electron chi connectivity index (χ3n) is 3.76. The van der Waals surface area contributed by atoms with Gasteiger partial charge in [0.05, 0.1) is 18.8 Å². The van der Waals surface area contributed by atoms with Crippen LogP contribution in [0, 0.1) is 0 Å². The lowest BCUT2D eigenvalue weighted by Crippen LogP contribution is -2.42. The van der Waals surface area contributed by atoms with Crippen LogP contribution in [0.3, 0.4) is 0 Å². The van der Waals surface area contributed by atoms with E-state index in [9.17, 15) is 5.11 Å². The van der Waals surface area contributed by atoms with Gasteiger partial charge in [-0.15, -0.1) is 0 Å². The van der Waals surface area contributed by atoms with Gasteiger partial charge in [0.2, 0.25) is 0 Å². The Kier molecular flexibility index (Phi) is 4.87. The molecule has 2 rings (SSSR count). The van der Waals surface area contributed by atoms with Gasteiger partial charge in [-0.1, -0.05) is 22.9 Å². The van der Waals surface area contributed by atoms with Crippen LogP contribution in [0.25, 0.3) is 0 Å². The Morgan fingerprint density at radius 3 is 3.00 bits per heavy atom. The van der Waals surface area contributed by atoms with E-state index in [0.717, 1.165) is 22.2 Å². The molecule has 2 atom stereocenters. The average Bonchev–Trinajstić information content (AvgIpc) is 2.41. The van der Waals surface area contributed by atoms with Crippen LogP contribution in [0.2, 0.25) is 0 Å². The summed E-state index contributed by atoms with van der Waals surface area (Å²) < 4.78 is 11.9. The predicted molar refractivity (Wildman–Crippen MR) is 78.6 cm³/mol. The van der Waals surface area contributed by atoms with E-state index in [1.54, 1.807) is 7.11 Å². The summed E-state index contributed by atoms with van der Waals surface area (Å²) in [6.45, 7) is 2.73. The Morgan fingerprint density at radius 1 is 1.53 bits per heavy atom. The third kappa shape index (κ3) is 3.71. The summed E-state index contributed by atoms with van der Waals surface area (Å²) in [6.07, 6.45) is 3.13. The van der Waals surface area contributed by atoms with Crippen molar-refractivity contribution in [1.82, 2.24) is 0 Å². The summed E-state index contributed by atoms with van der Waals surface area (Å²) in [5.41, 5.74) is 0.409. The van der Waals surface area contributed by atoms with Crippen LogP contribution in [0.1, 0.15) is 31.7 Å². The quantitative estimate of drug-likeness (QED) is 0.921. The Hall–Kier alpha value is -0.580. The second-order valence-corrected chi connectivity index (χ2v) is 6.07. The number of hydrogen-bond donors (Lipinski definition) is 1. The standard InChI is InChI=1S/C15H21BrO3/c1-3-12-10-15(17,6-7-19-12)9-11-8-13(18-2)4-5-14(11)16/h4-5,8,12,17H,3,6-7,9-10H2,1-2H3. The number of hydrogen-bond acceptors (Lipinski definition) is 3. The van der Waals surface area contributed by atoms with Gasteiger partial charge in [0.15, 0.2) is 0 Å². The topological polar surface area (TPSA) is 38.7 Å². The normalized spacial score (nSPS) is 27.3. The highest BCUT2D eigenvalue weighted by Gasteiger charge is 2.34. The van der Waals surface area contributed by atoms with Gasteiger partial charge >= 0.3 is 0 Å². The van der Waals surface area contributed by atoms with Gasteiger partial charge in [0.1, 0.15) is 5.75 Å². The summed E-state index contributed by atoms with van der Waals surface area (Å²) in [7, 11) is 1.66. The number of ether oxygens (including phenoxy) is 2. The molecule has 1 saturated heterocycles. The molecule has 0 aliphatic carbocycles. The molecule has 106 valence electrons. The van der Waals surface area contributed by atoms with Gasteiger partial charge in [0.25, 0.3) is 0 Å². The molecule has 1 fully saturated rings. The molecule has 1 heterocycles. The van der Waals surface area contributed by atoms with Crippen LogP contribution in [0.4, 0.5) is 0 Å². The molecule has 1 aliphatic heterocycles. The fourth-order valence-corrected chi connectivity index (χ4v) is 2.98. The smallest absolute Gasteiger partial charge is 0.119 e. The summed E-state index contributed by atoms with van der Waals surface area (Å²) in [5.74, 6) is 0.820. The minimum Gasteiger partial charge on any atom is -0.497 e. The maximum Gasteiger partial charge on any atom is 0.119 e. The maximum absolute atomic E-state index is 10.8. The molecule has 3 nitrogen and oxygen atoms in total. The van der Waals surface area contributed by atoms with Gasteiger partial charge in [0, 0.05) is 23.9 Å². The lowest BCUT2D eigenvalue weighted by atomic mass is 9.84. The molecule has 1 aromatic rings. The first kappa shape index (κ1) is 14.8. The molecule has 1 N–H and O–H groups in total. The van der Waals surface area contributed by atoms with Crippen molar-refractivity contribution in [2.75, 3.05) is 13.7 Å². The largest absolute Gasteiger partial charge is 0.497 e. The highest BCUT2D eigenvalue weighted by molar-refractivity contribution is 9.10. The first-order valence-corrected chi connectivity index (χ1v) is 7.52. The van der Waals surface area contributed by atoms with Crippen molar-refractivity contribution in [2.24, 2.45) is 0 Å². The molecule has 1 aliphatic rings. The molecule has 4 heteroatoms. The first-order chi connectivity index (χ1) is 9.06. The zero-order chi connectivity index (χ0) is 13.9. The van der Waals surface area contributed by atoms with Gasteiger partial charge in [-0.2, -0.15) is 0 Å². The number of halogens is 1. The third-order valence-corrected chi connectivity index (χ3v) is 4.53. The van der Waals surface area contributed by atoms with E-state index in [1.807, 2.05) is 18.2 Å². The fourth-order valence-electron chi connectivity index (χ4n) is 2.59. The molecule has 0 saturated carbocycles. The highest BCUT2D eigenvalue weighted by Crippen LogP contribution is 2.33. The number of benzene rings is 1. The van der Waals surface area contributed by atoms with Crippen molar-refractivity contribution in [1.29, 1.82) is 0 Å². The minimum atomic E-state index is -0.673. The zero-order valence-electron chi connectivity index (χ0n) is 11.5. The molecule has 0 aromatic heterocycles. The SMILES string of the molecule is CCC1CC(O)(Cc2cc(OC)ccc2Br)CCO1. The van der Waals surface area contributed by atoms with E-state index in [2.05, 4.69) is 22.9 Å². The van der Waals surface area contributed by atoms with Crippen molar-refractivity contribution in [3.63, 3.8) is 0 Å². The average molecular weight is 329 g/mol. The molecule has 0 amide bonds. The summed E-state index contributed by atoms with van der Waals surface area (Å²) in [5, 5.41) is 10.8. The van der Waals surface area contributed by atoms with E-state index in [-0.39, 0.29) is 6.10 Å². The Morgan fingerprint density at radius 2 is 2.32 bits per heavy atom. The fraction of sp³-hybridized carbons (Fsp3) is 0.600. The van der Waals surface area contributed by atoms with Crippen LogP contribution in [0.5, 0.6) is 5.75 Å². The first-order valence-electron chi connectivity index (χ1n) is 6.73. The van der Waals surface area contributed by atoms with Crippen molar-refractivity contribution in [3.8, 4) is 5.75 Å². The van der Waals surface area contributed by atoms with Crippen molar-refractivity contribution >= 4 is 15.9 Å². The van der Waals surface area contributed by atoms with Gasteiger partial charge < -0.3 is 14.6 Å². The molecule has 0 spiro atoms. The Bertz CT molecular complexity index is 435. The molecule has 2 unspecified atom stereocenters. The molecule has 0 bridgehead atoms. The lowest BCUT2D eigenvalue weighted by Gasteiger charge is -2.37. The van der Waals surface area contributed by atoms with Gasteiger partial charge in [-0.25, -0.2) is 0 Å². The molecular formula is C15H21BrO3. The van der Waals surface area contributed by atoms with Gasteiger partial charge in [-0.05, 0) is 36.6 Å². The van der Waals surface area contributed by atoms with Gasteiger partial charge in [-0.3, -0.25) is 0 Å². The maximum atomic E-state index is 10.8. The highest BCUT2D eigenvalue weighted by atomic mass is 79.9. The minimum absolute atomic E-state index is 0.170. The number of methoxy groups -OCH3 is 1. The second-order valence-electron chi connectivity index (χ2n) is 5.21. The molecular weight excluding hydrogens is 308 g/mol. The second kappa shape index (κ2) is 6.25. The summed E-state index contributed by atoms with van der Waals surface area (Å²) in [6, 6.07) is 5.86. The van der Waals surface area contributed by atoms with Crippen LogP contribution in [0.15, 0.2) is 22.7 Å². The Balaban J connectivity index is 2.15. The molecule has 19 heavy (non-hydrogen) atoms.